The number of nitrogens with one attached hydrogen (secondary N) is 2. The summed E-state index contributed by atoms with van der Waals surface area (Å²) in [7, 11) is 0. The Hall–Kier alpha value is -3.16. The third-order valence-electron chi connectivity index (χ3n) is 6.76. The lowest BCUT2D eigenvalue weighted by atomic mass is 9.90. The lowest BCUT2D eigenvalue weighted by Gasteiger charge is -2.16. The summed E-state index contributed by atoms with van der Waals surface area (Å²) in [6.07, 6.45) is 4.69. The van der Waals surface area contributed by atoms with E-state index in [1.807, 2.05) is 24.3 Å². The number of ether oxygens (including phenoxy) is 2. The molecule has 0 radical (unpaired) electrons. The van der Waals surface area contributed by atoms with Crippen LogP contribution in [0.2, 0.25) is 0 Å². The zero-order valence-electron chi connectivity index (χ0n) is 20.3. The monoisotopic (exact) mass is 484 g/mol. The molecule has 0 bridgehead atoms. The molecule has 4 rings (SSSR count). The molecule has 0 saturated carbocycles. The van der Waals surface area contributed by atoms with Gasteiger partial charge in [-0.3, -0.25) is 0 Å². The number of hydrogen-bond donors (Lipinski definition) is 2. The van der Waals surface area contributed by atoms with E-state index in [0.29, 0.717) is 37.1 Å². The Morgan fingerprint density at radius 1 is 0.800 bits per heavy atom. The van der Waals surface area contributed by atoms with Crippen LogP contribution in [0.3, 0.4) is 0 Å². The zero-order chi connectivity index (χ0) is 24.6. The minimum atomic E-state index is -0.213. The number of hydrogen-bond acceptors (Lipinski definition) is 6. The highest BCUT2D eigenvalue weighted by Crippen LogP contribution is 2.27. The first-order chi connectivity index (χ1) is 17.0. The van der Waals surface area contributed by atoms with Crippen LogP contribution in [0.15, 0.2) is 58.5 Å². The van der Waals surface area contributed by atoms with Gasteiger partial charge in [-0.1, -0.05) is 38.1 Å². The van der Waals surface area contributed by atoms with Crippen LogP contribution in [-0.4, -0.2) is 37.3 Å². The maximum absolute atomic E-state index is 13.2. The Morgan fingerprint density at radius 2 is 1.29 bits per heavy atom. The van der Waals surface area contributed by atoms with Gasteiger partial charge in [-0.2, -0.15) is 0 Å². The molecule has 2 aliphatic rings. The molecule has 0 fully saturated rings. The first-order valence-electron chi connectivity index (χ1n) is 12.4. The number of rotatable bonds is 9. The smallest absolute Gasteiger partial charge is 0.304 e. The molecule has 6 nitrogen and oxygen atoms in total. The van der Waals surface area contributed by atoms with E-state index >= 15 is 0 Å². The minimum Gasteiger partial charge on any atom is -0.462 e. The standard InChI is InChI=1S/C27H34F2N4O2/c1-3-19(21-7-12-23(29)13-8-21)9-15-25-17-35-27(31-25)33-32-26-30-24(16-34-26)14-4-18(2)20-5-10-22(28)11-6-20/h5-8,10-13,18-19,24-25H,3-4,9,14-17H2,1-2H3,(H,30,32)(H,31,33)/t18?,19?,24?,25-/m0/s1. The summed E-state index contributed by atoms with van der Waals surface area (Å²) in [5.41, 5.74) is 8.20. The lowest BCUT2D eigenvalue weighted by Crippen LogP contribution is -2.41. The van der Waals surface area contributed by atoms with Gasteiger partial charge in [-0.15, -0.1) is 0 Å². The molecular weight excluding hydrogens is 450 g/mol. The second-order valence-electron chi connectivity index (χ2n) is 9.31. The molecule has 8 heteroatoms. The lowest BCUT2D eigenvalue weighted by molar-refractivity contribution is 0.281. The highest BCUT2D eigenvalue weighted by Gasteiger charge is 2.23. The predicted octanol–water partition coefficient (Wildman–Crippen LogP) is 5.43. The van der Waals surface area contributed by atoms with Crippen LogP contribution >= 0.6 is 0 Å². The van der Waals surface area contributed by atoms with E-state index in [4.69, 9.17) is 9.47 Å². The summed E-state index contributed by atoms with van der Waals surface area (Å²) in [5, 5.41) is 0. The first kappa shape index (κ1) is 24.9. The highest BCUT2D eigenvalue weighted by molar-refractivity contribution is 5.81. The van der Waals surface area contributed by atoms with Crippen molar-refractivity contribution in [2.75, 3.05) is 13.2 Å². The minimum absolute atomic E-state index is 0.0822. The largest absolute Gasteiger partial charge is 0.462 e. The summed E-state index contributed by atoms with van der Waals surface area (Å²) in [4.78, 5) is 9.19. The number of nitrogens with zero attached hydrogens (tertiary/aromatic N) is 2. The Balaban J connectivity index is 1.18. The number of benzene rings is 2. The maximum Gasteiger partial charge on any atom is 0.304 e. The molecule has 0 aromatic heterocycles. The van der Waals surface area contributed by atoms with Crippen molar-refractivity contribution in [1.29, 1.82) is 0 Å². The van der Waals surface area contributed by atoms with Gasteiger partial charge in [0.2, 0.25) is 0 Å². The van der Waals surface area contributed by atoms with Crippen molar-refractivity contribution in [3.05, 3.63) is 71.3 Å². The zero-order valence-corrected chi connectivity index (χ0v) is 20.3. The van der Waals surface area contributed by atoms with Gasteiger partial charge in [0, 0.05) is 0 Å². The molecule has 0 saturated heterocycles. The Labute approximate surface area is 205 Å². The van der Waals surface area contributed by atoms with Gasteiger partial charge in [0.25, 0.3) is 0 Å². The number of hydrazine groups is 1. The SMILES string of the molecule is CCC(CC[C@H]1COC(NNC2=NC(CCC(C)c3ccc(F)cc3)CO2)=N1)c1ccc(F)cc1. The molecule has 2 aromatic rings. The van der Waals surface area contributed by atoms with E-state index in [0.717, 1.165) is 43.2 Å². The summed E-state index contributed by atoms with van der Waals surface area (Å²) >= 11 is 0. The Kier molecular flexibility index (Phi) is 8.55. The molecule has 0 amide bonds. The van der Waals surface area contributed by atoms with Gasteiger partial charge < -0.3 is 9.47 Å². The Bertz CT molecular complexity index is 1010. The highest BCUT2D eigenvalue weighted by atomic mass is 19.1. The fourth-order valence-corrected chi connectivity index (χ4v) is 4.51. The Morgan fingerprint density at radius 3 is 1.80 bits per heavy atom. The van der Waals surface area contributed by atoms with E-state index in [1.54, 1.807) is 0 Å². The molecular formula is C27H34F2N4O2. The molecule has 0 spiro atoms. The van der Waals surface area contributed by atoms with Crippen LogP contribution < -0.4 is 10.9 Å². The van der Waals surface area contributed by atoms with E-state index in [1.165, 1.54) is 24.3 Å². The summed E-state index contributed by atoms with van der Waals surface area (Å²) in [6.45, 7) is 5.35. The van der Waals surface area contributed by atoms with Gasteiger partial charge >= 0.3 is 12.0 Å². The third kappa shape index (κ3) is 7.16. The van der Waals surface area contributed by atoms with E-state index in [9.17, 15) is 8.78 Å². The van der Waals surface area contributed by atoms with Crippen molar-refractivity contribution in [2.45, 2.75) is 69.9 Å². The summed E-state index contributed by atoms with van der Waals surface area (Å²) in [6, 6.07) is 14.5. The van der Waals surface area contributed by atoms with Crippen LogP contribution in [0.4, 0.5) is 8.78 Å². The number of aliphatic imine (C=N–C) groups is 2. The number of halogens is 2. The van der Waals surface area contributed by atoms with Gasteiger partial charge in [0.15, 0.2) is 0 Å². The van der Waals surface area contributed by atoms with Crippen LogP contribution in [0.25, 0.3) is 0 Å². The van der Waals surface area contributed by atoms with Crippen molar-refractivity contribution < 1.29 is 18.3 Å². The number of amidine groups is 2. The fraction of sp³-hybridized carbons (Fsp3) is 0.481. The van der Waals surface area contributed by atoms with Crippen molar-refractivity contribution in [2.24, 2.45) is 9.98 Å². The first-order valence-corrected chi connectivity index (χ1v) is 12.4. The van der Waals surface area contributed by atoms with Gasteiger partial charge in [0.05, 0.1) is 12.1 Å². The summed E-state index contributed by atoms with van der Waals surface area (Å²) < 4.78 is 37.6. The van der Waals surface area contributed by atoms with Crippen molar-refractivity contribution in [3.63, 3.8) is 0 Å². The molecule has 188 valence electrons. The third-order valence-corrected chi connectivity index (χ3v) is 6.76. The van der Waals surface area contributed by atoms with Crippen molar-refractivity contribution >= 4 is 12.0 Å². The molecule has 2 heterocycles. The predicted molar refractivity (Wildman–Crippen MR) is 133 cm³/mol. The molecule has 3 unspecified atom stereocenters. The summed E-state index contributed by atoms with van der Waals surface area (Å²) in [5.74, 6) is 0.289. The average Bonchev–Trinajstić information content (AvgIpc) is 3.52. The van der Waals surface area contributed by atoms with E-state index in [-0.39, 0.29) is 23.7 Å². The molecule has 4 atom stereocenters. The average molecular weight is 485 g/mol. The van der Waals surface area contributed by atoms with E-state index < -0.39 is 0 Å². The van der Waals surface area contributed by atoms with Crippen LogP contribution in [0.5, 0.6) is 0 Å². The van der Waals surface area contributed by atoms with E-state index in [2.05, 4.69) is 34.7 Å². The second kappa shape index (κ2) is 12.0. The normalized spacial score (nSPS) is 20.9. The fourth-order valence-electron chi connectivity index (χ4n) is 4.51. The molecule has 35 heavy (non-hydrogen) atoms. The topological polar surface area (TPSA) is 67.2 Å². The van der Waals surface area contributed by atoms with Gasteiger partial charge in [-0.05, 0) is 79.3 Å². The second-order valence-corrected chi connectivity index (χ2v) is 9.31. The molecule has 2 aromatic carbocycles. The van der Waals surface area contributed by atoms with Crippen LogP contribution in [-0.2, 0) is 9.47 Å². The maximum atomic E-state index is 13.2. The van der Waals surface area contributed by atoms with Crippen LogP contribution in [0, 0.1) is 11.6 Å². The molecule has 2 N–H and O–H groups in total. The van der Waals surface area contributed by atoms with Gasteiger partial charge in [-0.25, -0.2) is 29.6 Å². The quantitative estimate of drug-likeness (QED) is 0.466. The van der Waals surface area contributed by atoms with Crippen LogP contribution in [0.1, 0.15) is 68.9 Å². The van der Waals surface area contributed by atoms with Crippen molar-refractivity contribution in [3.8, 4) is 0 Å². The molecule has 2 aliphatic heterocycles. The van der Waals surface area contributed by atoms with Crippen molar-refractivity contribution in [1.82, 2.24) is 10.9 Å². The molecule has 0 aliphatic carbocycles. The van der Waals surface area contributed by atoms with Gasteiger partial charge in [0.1, 0.15) is 24.8 Å².